The largest absolute Gasteiger partial charge is 0.426 e. The number of nitrogens with zero attached hydrogens (tertiary/aromatic N) is 2. The number of amidine groups is 1. The monoisotopic (exact) mass is 372 g/mol. The van der Waals surface area contributed by atoms with Gasteiger partial charge in [0.2, 0.25) is 5.60 Å². The molecule has 0 aliphatic carbocycles. The molecule has 134 valence electrons. The Labute approximate surface area is 147 Å². The summed E-state index contributed by atoms with van der Waals surface area (Å²) in [6.07, 6.45) is -1.01. The molecule has 0 amide bonds. The number of allylic oxidation sites excluding steroid dienone is 2. The van der Waals surface area contributed by atoms with Gasteiger partial charge in [-0.2, -0.15) is 13.2 Å². The summed E-state index contributed by atoms with van der Waals surface area (Å²) in [6.45, 7) is 3.38. The summed E-state index contributed by atoms with van der Waals surface area (Å²) in [5.74, 6) is -0.354. The van der Waals surface area contributed by atoms with E-state index in [0.717, 1.165) is 0 Å². The molecule has 4 nitrogen and oxygen atoms in total. The Morgan fingerprint density at radius 1 is 1.36 bits per heavy atom. The number of hydrogen-bond donors (Lipinski definition) is 1. The van der Waals surface area contributed by atoms with E-state index >= 15 is 0 Å². The number of hydrogen-bond acceptors (Lipinski definition) is 4. The summed E-state index contributed by atoms with van der Waals surface area (Å²) in [5.41, 5.74) is -3.18. The molecule has 8 heteroatoms. The van der Waals surface area contributed by atoms with Gasteiger partial charge in [-0.25, -0.2) is 10.1 Å². The lowest BCUT2D eigenvalue weighted by molar-refractivity contribution is -0.269. The number of fused-ring (bicyclic) bond motifs is 2. The van der Waals surface area contributed by atoms with Gasteiger partial charge in [0.05, 0.1) is 12.3 Å². The zero-order chi connectivity index (χ0) is 18.4. The highest BCUT2D eigenvalue weighted by Gasteiger charge is 2.63. The van der Waals surface area contributed by atoms with E-state index in [1.54, 1.807) is 13.8 Å². The van der Waals surface area contributed by atoms with Gasteiger partial charge in [0.25, 0.3) is 0 Å². The molecule has 0 radical (unpaired) electrons. The second kappa shape index (κ2) is 6.16. The van der Waals surface area contributed by atoms with E-state index in [4.69, 9.17) is 16.3 Å². The standard InChI is InChI=1S/C17H16ClF3N2O2/c1-10(2)9-25-16(17(19,20)21)12-4-3-7-23(24)15(12)22-14-6-5-11(18)8-13(14)16/h3-8,10,24H,9H2,1-2H3. The molecule has 1 unspecified atom stereocenters. The van der Waals surface area contributed by atoms with Crippen LogP contribution in [0.2, 0.25) is 5.02 Å². The molecule has 0 aromatic heterocycles. The van der Waals surface area contributed by atoms with Crippen molar-refractivity contribution in [1.29, 1.82) is 0 Å². The summed E-state index contributed by atoms with van der Waals surface area (Å²) >= 11 is 5.96. The predicted molar refractivity (Wildman–Crippen MR) is 87.9 cm³/mol. The first-order chi connectivity index (χ1) is 11.7. The summed E-state index contributed by atoms with van der Waals surface area (Å²) in [6, 6.07) is 4.04. The van der Waals surface area contributed by atoms with Crippen LogP contribution in [0.4, 0.5) is 18.9 Å². The van der Waals surface area contributed by atoms with Crippen LogP contribution >= 0.6 is 11.6 Å². The van der Waals surface area contributed by atoms with Crippen molar-refractivity contribution < 1.29 is 23.1 Å². The van der Waals surface area contributed by atoms with E-state index < -0.39 is 11.8 Å². The van der Waals surface area contributed by atoms with Crippen molar-refractivity contribution in [3.05, 3.63) is 52.7 Å². The molecule has 0 saturated carbocycles. The fraction of sp³-hybridized carbons (Fsp3) is 0.353. The van der Waals surface area contributed by atoms with Crippen molar-refractivity contribution in [1.82, 2.24) is 5.06 Å². The van der Waals surface area contributed by atoms with Crippen LogP contribution in [0.3, 0.4) is 0 Å². The predicted octanol–water partition coefficient (Wildman–Crippen LogP) is 4.96. The maximum absolute atomic E-state index is 14.4. The molecular weight excluding hydrogens is 357 g/mol. The molecule has 25 heavy (non-hydrogen) atoms. The number of halogens is 4. The normalized spacial score (nSPS) is 22.5. The van der Waals surface area contributed by atoms with Gasteiger partial charge >= 0.3 is 6.18 Å². The van der Waals surface area contributed by atoms with E-state index in [1.165, 1.54) is 36.6 Å². The van der Waals surface area contributed by atoms with Crippen LogP contribution in [0.1, 0.15) is 19.4 Å². The van der Waals surface area contributed by atoms with Crippen LogP contribution < -0.4 is 0 Å². The van der Waals surface area contributed by atoms with Gasteiger partial charge in [0, 0.05) is 22.4 Å². The van der Waals surface area contributed by atoms with E-state index in [-0.39, 0.29) is 40.2 Å². The first-order valence-electron chi connectivity index (χ1n) is 7.63. The molecule has 0 bridgehead atoms. The topological polar surface area (TPSA) is 45.1 Å². The second-order valence-corrected chi connectivity index (χ2v) is 6.68. The molecule has 2 heterocycles. The first kappa shape index (κ1) is 18.0. The lowest BCUT2D eigenvalue weighted by Crippen LogP contribution is -2.52. The molecular formula is C17H16ClF3N2O2. The van der Waals surface area contributed by atoms with Crippen molar-refractivity contribution in [2.45, 2.75) is 25.6 Å². The number of alkyl halides is 3. The molecule has 2 aliphatic rings. The number of rotatable bonds is 3. The Bertz CT molecular complexity index is 787. The fourth-order valence-electron chi connectivity index (χ4n) is 2.86. The SMILES string of the molecule is CC(C)COC1(C(F)(F)F)C2=CC=CN(O)C2=Nc2ccc(Cl)cc21. The average molecular weight is 373 g/mol. The second-order valence-electron chi connectivity index (χ2n) is 6.25. The minimum Gasteiger partial charge on any atom is -0.356 e. The quantitative estimate of drug-likeness (QED) is 0.815. The van der Waals surface area contributed by atoms with Crippen LogP contribution in [0.5, 0.6) is 0 Å². The van der Waals surface area contributed by atoms with Crippen LogP contribution in [-0.4, -0.2) is 28.9 Å². The lowest BCUT2D eigenvalue weighted by Gasteiger charge is -2.43. The summed E-state index contributed by atoms with van der Waals surface area (Å²) in [5, 5.41) is 10.7. The van der Waals surface area contributed by atoms with Crippen LogP contribution in [-0.2, 0) is 10.3 Å². The van der Waals surface area contributed by atoms with E-state index in [0.29, 0.717) is 5.06 Å². The van der Waals surface area contributed by atoms with Crippen LogP contribution in [0.25, 0.3) is 0 Å². The van der Waals surface area contributed by atoms with Gasteiger partial charge in [-0.1, -0.05) is 31.5 Å². The molecule has 1 aromatic carbocycles. The van der Waals surface area contributed by atoms with Crippen molar-refractivity contribution in [3.63, 3.8) is 0 Å². The maximum Gasteiger partial charge on any atom is 0.426 e. The van der Waals surface area contributed by atoms with Crippen LogP contribution in [0.15, 0.2) is 47.1 Å². The molecule has 3 rings (SSSR count). The highest BCUT2D eigenvalue weighted by molar-refractivity contribution is 6.30. The van der Waals surface area contributed by atoms with Crippen LogP contribution in [0, 0.1) is 5.92 Å². The first-order valence-corrected chi connectivity index (χ1v) is 8.01. The number of aliphatic imine (C=N–C) groups is 1. The van der Waals surface area contributed by atoms with Gasteiger partial charge in [-0.3, -0.25) is 5.21 Å². The lowest BCUT2D eigenvalue weighted by atomic mass is 9.80. The van der Waals surface area contributed by atoms with E-state index in [9.17, 15) is 18.4 Å². The van der Waals surface area contributed by atoms with Crippen molar-refractivity contribution in [3.8, 4) is 0 Å². The Morgan fingerprint density at radius 3 is 2.72 bits per heavy atom. The van der Waals surface area contributed by atoms with E-state index in [2.05, 4.69) is 4.99 Å². The smallest absolute Gasteiger partial charge is 0.356 e. The minimum atomic E-state index is -4.79. The highest BCUT2D eigenvalue weighted by Crippen LogP contribution is 2.54. The minimum absolute atomic E-state index is 0.0481. The summed E-state index contributed by atoms with van der Waals surface area (Å²) in [7, 11) is 0. The molecule has 0 spiro atoms. The van der Waals surface area contributed by atoms with Crippen molar-refractivity contribution in [2.24, 2.45) is 10.9 Å². The summed E-state index contributed by atoms with van der Waals surface area (Å²) < 4.78 is 48.6. The molecule has 1 aromatic rings. The highest BCUT2D eigenvalue weighted by atomic mass is 35.5. The Hall–Kier alpha value is -1.83. The molecule has 0 fully saturated rings. The average Bonchev–Trinajstić information content (AvgIpc) is 2.51. The third kappa shape index (κ3) is 2.86. The zero-order valence-corrected chi connectivity index (χ0v) is 14.3. The van der Waals surface area contributed by atoms with Gasteiger partial charge in [-0.15, -0.1) is 0 Å². The van der Waals surface area contributed by atoms with Gasteiger partial charge < -0.3 is 4.74 Å². The third-order valence-electron chi connectivity index (χ3n) is 3.92. The Morgan fingerprint density at radius 2 is 2.08 bits per heavy atom. The molecule has 2 aliphatic heterocycles. The van der Waals surface area contributed by atoms with Gasteiger partial charge in [-0.05, 0) is 30.2 Å². The van der Waals surface area contributed by atoms with Gasteiger partial charge in [0.1, 0.15) is 0 Å². The van der Waals surface area contributed by atoms with Crippen molar-refractivity contribution in [2.75, 3.05) is 6.61 Å². The third-order valence-corrected chi connectivity index (χ3v) is 4.16. The molecule has 0 saturated heterocycles. The Balaban J connectivity index is 2.32. The summed E-state index contributed by atoms with van der Waals surface area (Å²) in [4.78, 5) is 4.16. The number of ether oxygens (including phenoxy) is 1. The molecule has 1 N–H and O–H groups in total. The number of hydroxylamine groups is 2. The van der Waals surface area contributed by atoms with Gasteiger partial charge in [0.15, 0.2) is 5.84 Å². The fourth-order valence-corrected chi connectivity index (χ4v) is 3.03. The maximum atomic E-state index is 14.4. The van der Waals surface area contributed by atoms with E-state index in [1.807, 2.05) is 0 Å². The zero-order valence-electron chi connectivity index (χ0n) is 13.5. The number of benzene rings is 1. The molecule has 1 atom stereocenters. The Kier molecular flexibility index (Phi) is 4.43. The van der Waals surface area contributed by atoms with Crippen molar-refractivity contribution >= 4 is 23.1 Å².